The normalized spacial score (nSPS) is 18.0. The molecular weight excluding hydrogens is 354 g/mol. The quantitative estimate of drug-likeness (QED) is 0.751. The summed E-state index contributed by atoms with van der Waals surface area (Å²) < 4.78 is 10.2. The second kappa shape index (κ2) is 9.16. The van der Waals surface area contributed by atoms with Crippen molar-refractivity contribution in [2.75, 3.05) is 33.4 Å². The molecule has 140 valence electrons. The van der Waals surface area contributed by atoms with E-state index in [0.29, 0.717) is 13.2 Å². The zero-order chi connectivity index (χ0) is 18.4. The van der Waals surface area contributed by atoms with Crippen LogP contribution < -0.4 is 5.32 Å². The van der Waals surface area contributed by atoms with Gasteiger partial charge in [-0.1, -0.05) is 35.0 Å². The van der Waals surface area contributed by atoms with Crippen LogP contribution in [0, 0.1) is 0 Å². The van der Waals surface area contributed by atoms with Crippen molar-refractivity contribution in [2.24, 2.45) is 0 Å². The van der Waals surface area contributed by atoms with Crippen molar-refractivity contribution in [1.82, 2.24) is 15.4 Å². The van der Waals surface area contributed by atoms with Crippen LogP contribution in [0.3, 0.4) is 0 Å². The molecule has 26 heavy (non-hydrogen) atoms. The molecule has 6 nitrogen and oxygen atoms in total. The largest absolute Gasteiger partial charge is 0.383 e. The fraction of sp³-hybridized carbons (Fsp3) is 0.474. The summed E-state index contributed by atoms with van der Waals surface area (Å²) in [6.07, 6.45) is 2.12. The van der Waals surface area contributed by atoms with Crippen LogP contribution in [0.25, 0.3) is 0 Å². The maximum absolute atomic E-state index is 12.0. The molecule has 2 aromatic rings. The van der Waals surface area contributed by atoms with Gasteiger partial charge in [0.15, 0.2) is 0 Å². The summed E-state index contributed by atoms with van der Waals surface area (Å²) in [5.74, 6) is 0.249. The van der Waals surface area contributed by atoms with Gasteiger partial charge in [-0.3, -0.25) is 9.69 Å². The lowest BCUT2D eigenvalue weighted by Crippen LogP contribution is -2.34. The number of halogens is 1. The lowest BCUT2D eigenvalue weighted by atomic mass is 9.94. The van der Waals surface area contributed by atoms with E-state index in [1.54, 1.807) is 13.2 Å². The molecule has 0 saturated carbocycles. The van der Waals surface area contributed by atoms with E-state index in [1.165, 1.54) is 0 Å². The maximum Gasteiger partial charge on any atom is 0.289 e. The highest BCUT2D eigenvalue weighted by molar-refractivity contribution is 6.31. The van der Waals surface area contributed by atoms with Crippen LogP contribution in [0.1, 0.15) is 40.6 Å². The summed E-state index contributed by atoms with van der Waals surface area (Å²) in [5, 5.41) is 7.67. The number of nitrogens with zero attached hydrogens (tertiary/aromatic N) is 2. The van der Waals surface area contributed by atoms with Gasteiger partial charge < -0.3 is 14.6 Å². The van der Waals surface area contributed by atoms with Crippen molar-refractivity contribution in [1.29, 1.82) is 0 Å². The molecule has 0 bridgehead atoms. The minimum absolute atomic E-state index is 0.249. The Morgan fingerprint density at radius 1 is 1.46 bits per heavy atom. The van der Waals surface area contributed by atoms with E-state index < -0.39 is 0 Å². The molecule has 1 aromatic carbocycles. The molecule has 0 radical (unpaired) electrons. The minimum Gasteiger partial charge on any atom is -0.383 e. The Hall–Kier alpha value is -1.89. The summed E-state index contributed by atoms with van der Waals surface area (Å²) in [4.78, 5) is 14.4. The first-order chi connectivity index (χ1) is 12.7. The first kappa shape index (κ1) is 18.9. The number of carbonyl (C=O) groups excluding carboxylic acids is 1. The molecule has 7 heteroatoms. The van der Waals surface area contributed by atoms with Crippen molar-refractivity contribution >= 4 is 17.5 Å². The lowest BCUT2D eigenvalue weighted by Gasteiger charge is -2.31. The molecule has 1 aliphatic rings. The van der Waals surface area contributed by atoms with Crippen molar-refractivity contribution in [3.05, 3.63) is 52.4 Å². The van der Waals surface area contributed by atoms with Gasteiger partial charge >= 0.3 is 0 Å². The van der Waals surface area contributed by atoms with Crippen LogP contribution >= 0.6 is 11.6 Å². The van der Waals surface area contributed by atoms with E-state index in [0.717, 1.165) is 48.8 Å². The predicted octanol–water partition coefficient (Wildman–Crippen LogP) is 3.08. The molecule has 0 spiro atoms. The highest BCUT2D eigenvalue weighted by Crippen LogP contribution is 2.28. The van der Waals surface area contributed by atoms with Crippen LogP contribution in [0.2, 0.25) is 5.02 Å². The Balaban J connectivity index is 1.59. The molecule has 1 aliphatic heterocycles. The van der Waals surface area contributed by atoms with E-state index in [4.69, 9.17) is 20.9 Å². The van der Waals surface area contributed by atoms with Gasteiger partial charge in [0.25, 0.3) is 5.91 Å². The van der Waals surface area contributed by atoms with E-state index >= 15 is 0 Å². The number of nitrogens with one attached hydrogen (secondary N) is 1. The van der Waals surface area contributed by atoms with Gasteiger partial charge in [0.2, 0.25) is 5.76 Å². The summed E-state index contributed by atoms with van der Waals surface area (Å²) in [6.45, 7) is 3.64. The number of amides is 1. The van der Waals surface area contributed by atoms with Crippen LogP contribution in [-0.4, -0.2) is 49.3 Å². The number of methoxy groups -OCH3 is 1. The lowest BCUT2D eigenvalue weighted by molar-refractivity contribution is 0.0900. The van der Waals surface area contributed by atoms with Crippen LogP contribution in [0.15, 0.2) is 34.9 Å². The minimum atomic E-state index is -0.260. The molecule has 3 rings (SSSR count). The third-order valence-corrected chi connectivity index (χ3v) is 4.99. The van der Waals surface area contributed by atoms with Crippen molar-refractivity contribution in [2.45, 2.75) is 25.3 Å². The number of aromatic nitrogens is 1. The zero-order valence-corrected chi connectivity index (χ0v) is 15.7. The Bertz CT molecular complexity index is 734. The maximum atomic E-state index is 12.0. The number of likely N-dealkylation sites (tertiary alicyclic amines) is 1. The summed E-state index contributed by atoms with van der Waals surface area (Å²) >= 11 is 6.28. The Labute approximate surface area is 158 Å². The molecule has 1 aromatic heterocycles. The summed E-state index contributed by atoms with van der Waals surface area (Å²) in [6, 6.07) is 9.69. The zero-order valence-electron chi connectivity index (χ0n) is 14.9. The molecule has 1 fully saturated rings. The smallest absolute Gasteiger partial charge is 0.289 e. The fourth-order valence-electron chi connectivity index (χ4n) is 3.25. The fourth-order valence-corrected chi connectivity index (χ4v) is 3.45. The topological polar surface area (TPSA) is 67.6 Å². The highest BCUT2D eigenvalue weighted by Gasteiger charge is 2.25. The SMILES string of the molecule is COCCNC(=O)c1cc([C@H]2CCCN(Cc3ccccc3Cl)C2)no1. The van der Waals surface area contributed by atoms with E-state index in [1.807, 2.05) is 18.2 Å². The molecular formula is C19H24ClN3O3. The van der Waals surface area contributed by atoms with Crippen molar-refractivity contribution in [3.63, 3.8) is 0 Å². The second-order valence-electron chi connectivity index (χ2n) is 6.53. The Morgan fingerprint density at radius 3 is 3.12 bits per heavy atom. The average molecular weight is 378 g/mol. The average Bonchev–Trinajstić information content (AvgIpc) is 3.14. The number of rotatable bonds is 7. The number of benzene rings is 1. The Kier molecular flexibility index (Phi) is 6.66. The van der Waals surface area contributed by atoms with E-state index in [-0.39, 0.29) is 17.6 Å². The van der Waals surface area contributed by atoms with Crippen molar-refractivity contribution in [3.8, 4) is 0 Å². The van der Waals surface area contributed by atoms with Gasteiger partial charge in [0.05, 0.1) is 12.3 Å². The summed E-state index contributed by atoms with van der Waals surface area (Å²) in [7, 11) is 1.59. The van der Waals surface area contributed by atoms with Gasteiger partial charge in [-0.2, -0.15) is 0 Å². The number of hydrogen-bond donors (Lipinski definition) is 1. The third-order valence-electron chi connectivity index (χ3n) is 4.62. The summed E-state index contributed by atoms with van der Waals surface area (Å²) in [5.41, 5.74) is 1.97. The molecule has 1 N–H and O–H groups in total. The van der Waals surface area contributed by atoms with Gasteiger partial charge in [0, 0.05) is 43.8 Å². The third kappa shape index (κ3) is 4.84. The first-order valence-corrected chi connectivity index (χ1v) is 9.24. The predicted molar refractivity (Wildman–Crippen MR) is 99.4 cm³/mol. The van der Waals surface area contributed by atoms with Gasteiger partial charge in [-0.25, -0.2) is 0 Å². The van der Waals surface area contributed by atoms with E-state index in [2.05, 4.69) is 21.4 Å². The van der Waals surface area contributed by atoms with Crippen molar-refractivity contribution < 1.29 is 14.1 Å². The van der Waals surface area contributed by atoms with E-state index in [9.17, 15) is 4.79 Å². The van der Waals surface area contributed by atoms with Crippen LogP contribution in [0.4, 0.5) is 0 Å². The number of piperidine rings is 1. The number of ether oxygens (including phenoxy) is 1. The standard InChI is InChI=1S/C19H24ClN3O3/c1-25-10-8-21-19(24)18-11-17(22-26-18)15-6-4-9-23(13-15)12-14-5-2-3-7-16(14)20/h2-3,5,7,11,15H,4,6,8-10,12-13H2,1H3,(H,21,24)/t15-/m0/s1. The monoisotopic (exact) mass is 377 g/mol. The molecule has 1 atom stereocenters. The molecule has 0 aliphatic carbocycles. The molecule has 1 saturated heterocycles. The second-order valence-corrected chi connectivity index (χ2v) is 6.94. The van der Waals surface area contributed by atoms with Crippen LogP contribution in [-0.2, 0) is 11.3 Å². The van der Waals surface area contributed by atoms with Gasteiger partial charge in [-0.15, -0.1) is 0 Å². The number of hydrogen-bond acceptors (Lipinski definition) is 5. The highest BCUT2D eigenvalue weighted by atomic mass is 35.5. The Morgan fingerprint density at radius 2 is 2.31 bits per heavy atom. The van der Waals surface area contributed by atoms with Crippen LogP contribution in [0.5, 0.6) is 0 Å². The molecule has 1 amide bonds. The number of carbonyl (C=O) groups is 1. The molecule has 0 unspecified atom stereocenters. The van der Waals surface area contributed by atoms with Gasteiger partial charge in [-0.05, 0) is 31.0 Å². The first-order valence-electron chi connectivity index (χ1n) is 8.87. The van der Waals surface area contributed by atoms with Gasteiger partial charge in [0.1, 0.15) is 0 Å². The molecule has 2 heterocycles.